The number of alkyl carbamates (subject to hydrolysis) is 1. The number of carbonyl (C=O) groups is 2. The molecule has 0 bridgehead atoms. The summed E-state index contributed by atoms with van der Waals surface area (Å²) in [5.41, 5.74) is 0.168. The highest BCUT2D eigenvalue weighted by molar-refractivity contribution is 7.89. The van der Waals surface area contributed by atoms with Gasteiger partial charge in [-0.1, -0.05) is 26.0 Å². The van der Waals surface area contributed by atoms with Gasteiger partial charge >= 0.3 is 12.2 Å². The van der Waals surface area contributed by atoms with Crippen LogP contribution in [0.1, 0.15) is 53.0 Å². The van der Waals surface area contributed by atoms with Crippen LogP contribution in [-0.4, -0.2) is 85.9 Å². The maximum Gasteiger partial charge on any atom is 0.407 e. The smallest absolute Gasteiger partial charge is 0.407 e. The van der Waals surface area contributed by atoms with Gasteiger partial charge < -0.3 is 39.8 Å². The number of carboxylic acid groups (broad SMARTS) is 1. The van der Waals surface area contributed by atoms with Crippen LogP contribution in [0.5, 0.6) is 17.2 Å². The van der Waals surface area contributed by atoms with E-state index in [1.54, 1.807) is 45.0 Å². The molecule has 2 amide bonds. The summed E-state index contributed by atoms with van der Waals surface area (Å²) in [6.07, 6.45) is -1.63. The van der Waals surface area contributed by atoms with Crippen LogP contribution in [0.2, 0.25) is 0 Å². The zero-order chi connectivity index (χ0) is 33.2. The lowest BCUT2D eigenvalue weighted by atomic mass is 10.0. The van der Waals surface area contributed by atoms with Crippen molar-refractivity contribution in [3.05, 3.63) is 48.0 Å². The predicted octanol–water partition coefficient (Wildman–Crippen LogP) is 3.99. The fraction of sp³-hybridized carbons (Fsp3) is 0.548. The largest absolute Gasteiger partial charge is 0.494 e. The third-order valence-corrected chi connectivity index (χ3v) is 8.43. The van der Waals surface area contributed by atoms with Crippen molar-refractivity contribution in [3.8, 4) is 17.2 Å². The predicted molar refractivity (Wildman–Crippen MR) is 166 cm³/mol. The average molecular weight is 652 g/mol. The molecule has 0 aliphatic carbocycles. The molecule has 0 spiro atoms. The van der Waals surface area contributed by atoms with Gasteiger partial charge in [0.25, 0.3) is 0 Å². The normalized spacial score (nSPS) is 14.2. The molecule has 0 saturated heterocycles. The van der Waals surface area contributed by atoms with E-state index >= 15 is 0 Å². The topological polar surface area (TPSA) is 173 Å². The fourth-order valence-corrected chi connectivity index (χ4v) is 6.18. The number of ether oxygens (including phenoxy) is 4. The molecule has 0 unspecified atom stereocenters. The Morgan fingerprint density at radius 2 is 1.71 bits per heavy atom. The number of rotatable bonds is 16. The van der Waals surface area contributed by atoms with Crippen molar-refractivity contribution in [1.29, 1.82) is 0 Å². The van der Waals surface area contributed by atoms with E-state index in [0.29, 0.717) is 43.2 Å². The van der Waals surface area contributed by atoms with Gasteiger partial charge in [0.15, 0.2) is 11.5 Å². The van der Waals surface area contributed by atoms with Crippen LogP contribution in [0.15, 0.2) is 47.4 Å². The van der Waals surface area contributed by atoms with Crippen LogP contribution >= 0.6 is 0 Å². The molecule has 2 aromatic rings. The lowest BCUT2D eigenvalue weighted by Crippen LogP contribution is -2.50. The molecule has 0 saturated carbocycles. The Kier molecular flexibility index (Phi) is 12.7. The third-order valence-electron chi connectivity index (χ3n) is 6.60. The second kappa shape index (κ2) is 16.0. The first-order valence-corrected chi connectivity index (χ1v) is 16.3. The minimum atomic E-state index is -4.06. The zero-order valence-corrected chi connectivity index (χ0v) is 27.3. The lowest BCUT2D eigenvalue weighted by molar-refractivity contribution is 0.0526. The van der Waals surface area contributed by atoms with Gasteiger partial charge in [0, 0.05) is 25.7 Å². The second-order valence-electron chi connectivity index (χ2n) is 12.2. The molecular formula is C31H45N3O10S. The standard InChI is InChI=1S/C31H45N3O10S/c1-21(2)18-34(45(39,40)24-12-13-27-28(17-24)43-20-42-27)19-26(35)25(33-29(36)37)16-22-8-10-23(11-9-22)41-15-7-6-14-32-30(38)44-31(3,4)5/h8-13,17,21,25-26,33,35H,6-7,14-16,18-20H2,1-5H3,(H,32,38)(H,36,37)/t25-,26+/m0/s1. The number of amides is 2. The number of hydrogen-bond acceptors (Lipinski definition) is 9. The minimum Gasteiger partial charge on any atom is -0.494 e. The first-order chi connectivity index (χ1) is 21.1. The Morgan fingerprint density at radius 1 is 1.02 bits per heavy atom. The highest BCUT2D eigenvalue weighted by Crippen LogP contribution is 2.35. The number of benzene rings is 2. The number of fused-ring (bicyclic) bond motifs is 1. The summed E-state index contributed by atoms with van der Waals surface area (Å²) in [4.78, 5) is 23.3. The van der Waals surface area contributed by atoms with Gasteiger partial charge in [-0.15, -0.1) is 0 Å². The monoisotopic (exact) mass is 651 g/mol. The number of aliphatic hydroxyl groups is 1. The van der Waals surface area contributed by atoms with Gasteiger partial charge in [0.1, 0.15) is 11.4 Å². The SMILES string of the molecule is CC(C)CN(C[C@@H](O)[C@H](Cc1ccc(OCCCCNC(=O)OC(C)(C)C)cc1)NC(=O)O)S(=O)(=O)c1ccc2c(c1)OCO2. The Bertz CT molecular complexity index is 1380. The van der Waals surface area contributed by atoms with Gasteiger partial charge in [-0.25, -0.2) is 18.0 Å². The highest BCUT2D eigenvalue weighted by Gasteiger charge is 2.32. The third kappa shape index (κ3) is 11.6. The zero-order valence-electron chi connectivity index (χ0n) is 26.4. The summed E-state index contributed by atoms with van der Waals surface area (Å²) < 4.78 is 50.0. The van der Waals surface area contributed by atoms with Gasteiger partial charge in [0.2, 0.25) is 16.8 Å². The molecule has 1 aliphatic rings. The van der Waals surface area contributed by atoms with Gasteiger partial charge in [-0.2, -0.15) is 4.31 Å². The van der Waals surface area contributed by atoms with Crippen LogP contribution in [0.3, 0.4) is 0 Å². The highest BCUT2D eigenvalue weighted by atomic mass is 32.2. The van der Waals surface area contributed by atoms with E-state index in [1.807, 2.05) is 13.8 Å². The molecule has 250 valence electrons. The summed E-state index contributed by atoms with van der Waals surface area (Å²) in [5.74, 6) is 1.30. The molecule has 14 heteroatoms. The summed E-state index contributed by atoms with van der Waals surface area (Å²) >= 11 is 0. The van der Waals surface area contributed by atoms with Crippen molar-refractivity contribution in [3.63, 3.8) is 0 Å². The van der Waals surface area contributed by atoms with Gasteiger partial charge in [-0.05, 0) is 75.8 Å². The summed E-state index contributed by atoms with van der Waals surface area (Å²) in [6.45, 7) is 9.78. The van der Waals surface area contributed by atoms with Crippen molar-refractivity contribution in [1.82, 2.24) is 14.9 Å². The van der Waals surface area contributed by atoms with Crippen molar-refractivity contribution in [2.75, 3.05) is 33.0 Å². The number of sulfonamides is 1. The van der Waals surface area contributed by atoms with E-state index in [-0.39, 0.29) is 37.1 Å². The molecular weight excluding hydrogens is 606 g/mol. The fourth-order valence-electron chi connectivity index (χ4n) is 4.54. The maximum atomic E-state index is 13.6. The van der Waals surface area contributed by atoms with E-state index in [4.69, 9.17) is 18.9 Å². The number of nitrogens with one attached hydrogen (secondary N) is 2. The number of hydrogen-bond donors (Lipinski definition) is 4. The molecule has 0 fully saturated rings. The number of nitrogens with zero attached hydrogens (tertiary/aromatic N) is 1. The summed E-state index contributed by atoms with van der Waals surface area (Å²) in [5, 5.41) is 25.7. The Morgan fingerprint density at radius 3 is 2.36 bits per heavy atom. The van der Waals surface area contributed by atoms with Crippen molar-refractivity contribution in [2.24, 2.45) is 5.92 Å². The minimum absolute atomic E-state index is 0.00199. The van der Waals surface area contributed by atoms with Gasteiger partial charge in [-0.3, -0.25) is 0 Å². The van der Waals surface area contributed by atoms with Crippen LogP contribution in [0, 0.1) is 5.92 Å². The average Bonchev–Trinajstić information content (AvgIpc) is 3.42. The maximum absolute atomic E-state index is 13.6. The van der Waals surface area contributed by atoms with Gasteiger partial charge in [0.05, 0.1) is 23.6 Å². The molecule has 1 aliphatic heterocycles. The van der Waals surface area contributed by atoms with E-state index in [9.17, 15) is 28.2 Å². The van der Waals surface area contributed by atoms with E-state index < -0.39 is 40.0 Å². The summed E-state index contributed by atoms with van der Waals surface area (Å²) in [7, 11) is -4.06. The number of carbonyl (C=O) groups excluding carboxylic acids is 1. The first-order valence-electron chi connectivity index (χ1n) is 14.9. The first kappa shape index (κ1) is 35.7. The van der Waals surface area contributed by atoms with Crippen LogP contribution < -0.4 is 24.8 Å². The Hall–Kier alpha value is -3.75. The molecule has 13 nitrogen and oxygen atoms in total. The molecule has 0 radical (unpaired) electrons. The van der Waals surface area contributed by atoms with Crippen LogP contribution in [0.4, 0.5) is 9.59 Å². The molecule has 4 N–H and O–H groups in total. The van der Waals surface area contributed by atoms with Crippen LogP contribution in [-0.2, 0) is 21.2 Å². The number of aliphatic hydroxyl groups excluding tert-OH is 1. The Balaban J connectivity index is 1.58. The lowest BCUT2D eigenvalue weighted by Gasteiger charge is -2.30. The molecule has 2 atom stereocenters. The second-order valence-corrected chi connectivity index (χ2v) is 14.1. The molecule has 0 aromatic heterocycles. The molecule has 1 heterocycles. The molecule has 3 rings (SSSR count). The van der Waals surface area contributed by atoms with E-state index in [2.05, 4.69) is 10.6 Å². The van der Waals surface area contributed by atoms with Crippen molar-refractivity contribution >= 4 is 22.2 Å². The quantitative estimate of drug-likeness (QED) is 0.195. The number of unbranched alkanes of at least 4 members (excludes halogenated alkanes) is 1. The van der Waals surface area contributed by atoms with Crippen LogP contribution in [0.25, 0.3) is 0 Å². The van der Waals surface area contributed by atoms with E-state index in [1.165, 1.54) is 18.2 Å². The Labute approximate surface area is 264 Å². The summed E-state index contributed by atoms with van der Waals surface area (Å²) in [6, 6.07) is 10.3. The van der Waals surface area contributed by atoms with Crippen molar-refractivity contribution in [2.45, 2.75) is 76.5 Å². The molecule has 45 heavy (non-hydrogen) atoms. The molecule has 2 aromatic carbocycles. The van der Waals surface area contributed by atoms with E-state index in [0.717, 1.165) is 9.87 Å². The van der Waals surface area contributed by atoms with Crippen molar-refractivity contribution < 1.29 is 47.2 Å².